The Morgan fingerprint density at radius 2 is 0.787 bits per heavy atom. The molecule has 11 aromatic carbocycles. The first-order chi connectivity index (χ1) is 39.2. The minimum atomic E-state index is -0.194. The Labute approximate surface area is 468 Å². The van der Waals surface area contributed by atoms with Gasteiger partial charge < -0.3 is 18.9 Å². The lowest BCUT2D eigenvalue weighted by atomic mass is 9.31. The van der Waals surface area contributed by atoms with Gasteiger partial charge in [-0.25, -0.2) is 0 Å². The van der Waals surface area contributed by atoms with Crippen LogP contribution in [0.5, 0.6) is 23.0 Å². The molecule has 6 heteroatoms. The number of aromatic nitrogens is 1. The summed E-state index contributed by atoms with van der Waals surface area (Å²) in [7, 11) is 0. The SMILES string of the molecule is CCc1ccc2c(c1)B1c3cc(-c4ccc(C)cc4)ccc3N(c3ccc(-c4ccc(C)cc4)cc3)c3c4c5c(c(c31)O2)-n1c2ccc(-c3ccc(C)cc3)cc2c2cc(-c3ccc(C)cc3)cc(c21)B5c1cc(CC)ccc1O4. The van der Waals surface area contributed by atoms with Gasteiger partial charge >= 0.3 is 0 Å². The van der Waals surface area contributed by atoms with Gasteiger partial charge in [-0.05, 0) is 167 Å². The molecule has 0 atom stereocenters. The average Bonchev–Trinajstić information content (AvgIpc) is 3.86. The van der Waals surface area contributed by atoms with E-state index in [-0.39, 0.29) is 13.4 Å². The first-order valence-electron chi connectivity index (χ1n) is 28.5. The fourth-order valence-corrected chi connectivity index (χ4v) is 13.7. The second-order valence-electron chi connectivity index (χ2n) is 22.9. The third kappa shape index (κ3) is 6.97. The summed E-state index contributed by atoms with van der Waals surface area (Å²) in [5.74, 6) is 3.53. The van der Waals surface area contributed by atoms with Crippen LogP contribution in [0.1, 0.15) is 47.2 Å². The minimum absolute atomic E-state index is 0.193. The van der Waals surface area contributed by atoms with Crippen molar-refractivity contribution in [3.8, 4) is 73.2 Å². The van der Waals surface area contributed by atoms with E-state index in [1.54, 1.807) is 0 Å². The summed E-state index contributed by atoms with van der Waals surface area (Å²) >= 11 is 0. The molecular formula is C74H56B2N2O2. The highest BCUT2D eigenvalue weighted by atomic mass is 16.5. The number of anilines is 3. The van der Waals surface area contributed by atoms with Gasteiger partial charge in [-0.2, -0.15) is 0 Å². The molecule has 4 aliphatic heterocycles. The van der Waals surface area contributed by atoms with E-state index in [1.165, 1.54) is 116 Å². The molecule has 80 heavy (non-hydrogen) atoms. The lowest BCUT2D eigenvalue weighted by molar-refractivity contribution is 0.474. The molecule has 0 spiro atoms. The predicted octanol–water partition coefficient (Wildman–Crippen LogP) is 15.2. The molecule has 16 rings (SSSR count). The number of fused-ring (bicyclic) bond motifs is 13. The third-order valence-electron chi connectivity index (χ3n) is 17.9. The van der Waals surface area contributed by atoms with E-state index in [0.29, 0.717) is 0 Å². The van der Waals surface area contributed by atoms with Gasteiger partial charge in [0.2, 0.25) is 0 Å². The quantitative estimate of drug-likeness (QED) is 0.149. The minimum Gasteiger partial charge on any atom is -0.456 e. The molecular weight excluding hydrogens is 970 g/mol. The average molecular weight is 1030 g/mol. The summed E-state index contributed by atoms with van der Waals surface area (Å²) in [6, 6.07) is 78.0. The zero-order valence-electron chi connectivity index (χ0n) is 45.9. The van der Waals surface area contributed by atoms with Crippen LogP contribution < -0.4 is 47.2 Å². The second-order valence-corrected chi connectivity index (χ2v) is 22.9. The summed E-state index contributed by atoms with van der Waals surface area (Å²) in [5, 5.41) is 2.43. The lowest BCUT2D eigenvalue weighted by Crippen LogP contribution is -2.63. The van der Waals surface area contributed by atoms with Gasteiger partial charge in [0.05, 0.1) is 16.9 Å². The highest BCUT2D eigenvalue weighted by molar-refractivity contribution is 7.02. The molecule has 0 aliphatic carbocycles. The van der Waals surface area contributed by atoms with Gasteiger partial charge in [-0.3, -0.25) is 0 Å². The molecule has 0 N–H and O–H groups in total. The van der Waals surface area contributed by atoms with Crippen molar-refractivity contribution in [1.29, 1.82) is 0 Å². The lowest BCUT2D eigenvalue weighted by Gasteiger charge is -2.45. The Kier molecular flexibility index (Phi) is 10.3. The topological polar surface area (TPSA) is 26.6 Å². The zero-order chi connectivity index (χ0) is 53.7. The summed E-state index contributed by atoms with van der Waals surface area (Å²) < 4.78 is 18.2. The first kappa shape index (κ1) is 46.8. The van der Waals surface area contributed by atoms with E-state index >= 15 is 0 Å². The molecule has 0 fully saturated rings. The van der Waals surface area contributed by atoms with Crippen molar-refractivity contribution in [2.24, 2.45) is 0 Å². The number of hydrogen-bond donors (Lipinski definition) is 0. The van der Waals surface area contributed by atoms with Crippen LogP contribution in [0.3, 0.4) is 0 Å². The second kappa shape index (κ2) is 17.6. The molecule has 0 saturated heterocycles. The Morgan fingerprint density at radius 3 is 1.34 bits per heavy atom. The van der Waals surface area contributed by atoms with Crippen LogP contribution in [0.4, 0.5) is 17.1 Å². The standard InChI is InChI=1S/C74H56B2N2O2/c1-7-47-17-35-66-61(37-47)75-60-41-55(52-23-13-45(5)14-24-52)30-34-65(60)77(57-31-27-50(28-32-57)49-19-9-43(3)10-20-49)71-68(75)74(80-66)72-69-73(71)79-67-36-18-48(8-2)38-62(67)76(69)63-42-56(53-25-15-46(6)16-26-53)40-59-58-39-54(51-21-11-44(4)12-22-51)29-33-64(58)78(72)70(59)63/h9-42H,7-8H2,1-6H3. The number of ether oxygens (including phenoxy) is 2. The number of nitrogens with zero attached hydrogens (tertiary/aromatic N) is 2. The highest BCUT2D eigenvalue weighted by Crippen LogP contribution is 2.52. The Hall–Kier alpha value is -9.25. The van der Waals surface area contributed by atoms with E-state index in [1.807, 2.05) is 0 Å². The normalized spacial score (nSPS) is 13.1. The van der Waals surface area contributed by atoms with Crippen LogP contribution in [0.15, 0.2) is 206 Å². The van der Waals surface area contributed by atoms with E-state index in [2.05, 4.69) is 257 Å². The maximum Gasteiger partial charge on any atom is 0.256 e. The predicted molar refractivity (Wildman–Crippen MR) is 337 cm³/mol. The summed E-state index contributed by atoms with van der Waals surface area (Å²) in [6.45, 7) is 12.8. The van der Waals surface area contributed by atoms with Gasteiger partial charge in [-0.15, -0.1) is 0 Å². The largest absolute Gasteiger partial charge is 0.456 e. The summed E-state index contributed by atoms with van der Waals surface area (Å²) in [4.78, 5) is 2.51. The molecule has 0 saturated carbocycles. The van der Waals surface area contributed by atoms with Crippen molar-refractivity contribution in [3.63, 3.8) is 0 Å². The van der Waals surface area contributed by atoms with Crippen LogP contribution in [-0.4, -0.2) is 18.0 Å². The molecule has 12 aromatic rings. The van der Waals surface area contributed by atoms with Crippen molar-refractivity contribution in [3.05, 3.63) is 240 Å². The van der Waals surface area contributed by atoms with Crippen molar-refractivity contribution in [1.82, 2.24) is 4.57 Å². The third-order valence-corrected chi connectivity index (χ3v) is 17.9. The molecule has 0 amide bonds. The smallest absolute Gasteiger partial charge is 0.256 e. The molecule has 0 bridgehead atoms. The molecule has 0 radical (unpaired) electrons. The molecule has 5 heterocycles. The fraction of sp³-hybridized carbons (Fsp3) is 0.108. The van der Waals surface area contributed by atoms with Crippen LogP contribution >= 0.6 is 0 Å². The fourth-order valence-electron chi connectivity index (χ4n) is 13.7. The summed E-state index contributed by atoms with van der Waals surface area (Å²) in [6.07, 6.45) is 1.82. The van der Waals surface area contributed by atoms with Crippen LogP contribution in [0, 0.1) is 27.7 Å². The van der Waals surface area contributed by atoms with Gasteiger partial charge in [0, 0.05) is 38.6 Å². The number of rotatable bonds is 7. The first-order valence-corrected chi connectivity index (χ1v) is 28.5. The van der Waals surface area contributed by atoms with Crippen molar-refractivity contribution in [2.75, 3.05) is 4.90 Å². The van der Waals surface area contributed by atoms with Gasteiger partial charge in [0.25, 0.3) is 13.4 Å². The van der Waals surface area contributed by atoms with Crippen LogP contribution in [0.25, 0.3) is 72.0 Å². The molecule has 380 valence electrons. The van der Waals surface area contributed by atoms with E-state index in [9.17, 15) is 0 Å². The van der Waals surface area contributed by atoms with Gasteiger partial charge in [0.15, 0.2) is 0 Å². The zero-order valence-corrected chi connectivity index (χ0v) is 45.9. The van der Waals surface area contributed by atoms with Gasteiger partial charge in [-0.1, -0.05) is 194 Å². The van der Waals surface area contributed by atoms with E-state index < -0.39 is 0 Å². The number of hydrogen-bond acceptors (Lipinski definition) is 3. The molecule has 0 unspecified atom stereocenters. The van der Waals surface area contributed by atoms with Gasteiger partial charge in [0.1, 0.15) is 23.0 Å². The Balaban J connectivity index is 1.06. The Morgan fingerprint density at radius 1 is 0.362 bits per heavy atom. The van der Waals surface area contributed by atoms with Crippen molar-refractivity contribution in [2.45, 2.75) is 54.4 Å². The van der Waals surface area contributed by atoms with E-state index in [4.69, 9.17) is 9.47 Å². The maximum atomic E-state index is 7.81. The van der Waals surface area contributed by atoms with Crippen molar-refractivity contribution < 1.29 is 9.47 Å². The highest BCUT2D eigenvalue weighted by Gasteiger charge is 2.51. The number of aryl methyl sites for hydroxylation is 6. The monoisotopic (exact) mass is 1030 g/mol. The Bertz CT molecular complexity index is 4580. The summed E-state index contributed by atoms with van der Waals surface area (Å²) in [5.41, 5.74) is 30.7. The van der Waals surface area contributed by atoms with Crippen molar-refractivity contribution >= 4 is 85.1 Å². The van der Waals surface area contributed by atoms with Crippen LogP contribution in [-0.2, 0) is 12.8 Å². The maximum absolute atomic E-state index is 7.81. The molecule has 4 aliphatic rings. The van der Waals surface area contributed by atoms with E-state index in [0.717, 1.165) is 75.0 Å². The molecule has 1 aromatic heterocycles. The van der Waals surface area contributed by atoms with Crippen LogP contribution in [0.2, 0.25) is 0 Å². The number of benzene rings is 11. The molecule has 4 nitrogen and oxygen atoms in total.